The fourth-order valence-corrected chi connectivity index (χ4v) is 2.53. The summed E-state index contributed by atoms with van der Waals surface area (Å²) in [5.74, 6) is -0.228. The van der Waals surface area contributed by atoms with E-state index in [1.165, 1.54) is 0 Å². The second-order valence-electron chi connectivity index (χ2n) is 5.55. The number of carbonyl (C=O) groups is 1. The van der Waals surface area contributed by atoms with Crippen molar-refractivity contribution in [3.8, 4) is 17.1 Å². The van der Waals surface area contributed by atoms with Gasteiger partial charge in [-0.15, -0.1) is 0 Å². The number of carbonyl (C=O) groups excluding carboxylic acids is 1. The minimum absolute atomic E-state index is 0.00982. The van der Waals surface area contributed by atoms with Gasteiger partial charge in [0.05, 0.1) is 12.0 Å². The average molecular weight is 338 g/mol. The highest BCUT2D eigenvalue weighted by molar-refractivity contribution is 5.82. The van der Waals surface area contributed by atoms with E-state index in [-0.39, 0.29) is 24.4 Å². The molecule has 0 radical (unpaired) electrons. The number of benzene rings is 2. The van der Waals surface area contributed by atoms with E-state index >= 15 is 0 Å². The van der Waals surface area contributed by atoms with Gasteiger partial charge in [0.2, 0.25) is 11.2 Å². The van der Waals surface area contributed by atoms with Crippen LogP contribution in [0.15, 0.2) is 57.7 Å². The molecule has 0 unspecified atom stereocenters. The molecule has 0 saturated heterocycles. The molecule has 0 aliphatic carbocycles. The van der Waals surface area contributed by atoms with Gasteiger partial charge in [-0.3, -0.25) is 4.79 Å². The van der Waals surface area contributed by atoms with E-state index in [0.717, 1.165) is 5.56 Å². The van der Waals surface area contributed by atoms with Gasteiger partial charge in [0.15, 0.2) is 12.4 Å². The summed E-state index contributed by atoms with van der Waals surface area (Å²) in [5, 5.41) is 0.407. The van der Waals surface area contributed by atoms with Crippen molar-refractivity contribution in [2.75, 3.05) is 13.2 Å². The van der Waals surface area contributed by atoms with E-state index in [4.69, 9.17) is 13.9 Å². The number of hydrogen-bond donors (Lipinski definition) is 0. The highest BCUT2D eigenvalue weighted by atomic mass is 16.6. The van der Waals surface area contributed by atoms with Gasteiger partial charge in [0, 0.05) is 5.56 Å². The van der Waals surface area contributed by atoms with Crippen LogP contribution in [0.1, 0.15) is 12.5 Å². The van der Waals surface area contributed by atoms with Crippen molar-refractivity contribution in [3.63, 3.8) is 0 Å². The Labute approximate surface area is 144 Å². The Kier molecular flexibility index (Phi) is 4.84. The zero-order chi connectivity index (χ0) is 17.8. The van der Waals surface area contributed by atoms with Crippen molar-refractivity contribution in [2.45, 2.75) is 13.8 Å². The molecule has 5 heteroatoms. The van der Waals surface area contributed by atoms with E-state index < -0.39 is 5.97 Å². The first kappa shape index (κ1) is 16.8. The van der Waals surface area contributed by atoms with Gasteiger partial charge in [-0.2, -0.15) is 0 Å². The molecule has 0 saturated carbocycles. The van der Waals surface area contributed by atoms with Gasteiger partial charge in [-0.1, -0.05) is 36.4 Å². The van der Waals surface area contributed by atoms with Crippen molar-refractivity contribution < 1.29 is 18.7 Å². The molecule has 0 atom stereocenters. The molecule has 0 aliphatic heterocycles. The van der Waals surface area contributed by atoms with Gasteiger partial charge in [-0.05, 0) is 31.5 Å². The zero-order valence-electron chi connectivity index (χ0n) is 14.1. The van der Waals surface area contributed by atoms with Crippen molar-refractivity contribution in [3.05, 3.63) is 64.3 Å². The highest BCUT2D eigenvalue weighted by Gasteiger charge is 2.19. The van der Waals surface area contributed by atoms with Crippen LogP contribution in [0.2, 0.25) is 0 Å². The van der Waals surface area contributed by atoms with Crippen LogP contribution in [0.5, 0.6) is 5.75 Å². The van der Waals surface area contributed by atoms with E-state index in [1.807, 2.05) is 43.3 Å². The first-order valence-corrected chi connectivity index (χ1v) is 8.01. The second-order valence-corrected chi connectivity index (χ2v) is 5.55. The summed E-state index contributed by atoms with van der Waals surface area (Å²) >= 11 is 0. The zero-order valence-corrected chi connectivity index (χ0v) is 14.1. The van der Waals surface area contributed by atoms with E-state index in [2.05, 4.69) is 0 Å². The van der Waals surface area contributed by atoms with Crippen LogP contribution in [0.4, 0.5) is 0 Å². The van der Waals surface area contributed by atoms with Crippen LogP contribution in [0.25, 0.3) is 22.3 Å². The molecule has 1 heterocycles. The Morgan fingerprint density at radius 1 is 1.12 bits per heavy atom. The molecule has 25 heavy (non-hydrogen) atoms. The highest BCUT2D eigenvalue weighted by Crippen LogP contribution is 2.31. The smallest absolute Gasteiger partial charge is 0.344 e. The van der Waals surface area contributed by atoms with Crippen LogP contribution in [0.3, 0.4) is 0 Å². The Bertz CT molecular complexity index is 957. The number of fused-ring (bicyclic) bond motifs is 1. The lowest BCUT2D eigenvalue weighted by atomic mass is 10.1. The first-order chi connectivity index (χ1) is 12.1. The van der Waals surface area contributed by atoms with Crippen LogP contribution in [-0.2, 0) is 9.53 Å². The monoisotopic (exact) mass is 338 g/mol. The molecular formula is C20H18O5. The predicted octanol–water partition coefficient (Wildman–Crippen LogP) is 3.71. The molecule has 0 fully saturated rings. The van der Waals surface area contributed by atoms with E-state index in [1.54, 1.807) is 19.1 Å². The number of ether oxygens (including phenoxy) is 2. The summed E-state index contributed by atoms with van der Waals surface area (Å²) in [7, 11) is 0. The maximum atomic E-state index is 12.9. The normalized spacial score (nSPS) is 10.6. The van der Waals surface area contributed by atoms with Crippen LogP contribution in [-0.4, -0.2) is 19.2 Å². The standard InChI is InChI=1S/C20H18O5/c1-3-23-17(21)12-24-20-18(22)15-10-9-13(2)11-16(15)25-19(20)14-7-5-4-6-8-14/h4-11H,3,12H2,1-2H3. The summed E-state index contributed by atoms with van der Waals surface area (Å²) in [6.07, 6.45) is 0. The molecule has 0 N–H and O–H groups in total. The average Bonchev–Trinajstić information content (AvgIpc) is 2.61. The molecule has 128 valence electrons. The fourth-order valence-electron chi connectivity index (χ4n) is 2.53. The third kappa shape index (κ3) is 3.55. The van der Waals surface area contributed by atoms with Crippen LogP contribution in [0, 0.1) is 6.92 Å². The SMILES string of the molecule is CCOC(=O)COc1c(-c2ccccc2)oc2cc(C)ccc2c1=O. The minimum Gasteiger partial charge on any atom is -0.474 e. The Hall–Kier alpha value is -3.08. The maximum absolute atomic E-state index is 12.9. The van der Waals surface area contributed by atoms with Gasteiger partial charge in [-0.25, -0.2) is 4.79 Å². The van der Waals surface area contributed by atoms with Gasteiger partial charge < -0.3 is 13.9 Å². The molecule has 0 spiro atoms. The summed E-state index contributed by atoms with van der Waals surface area (Å²) in [5.41, 5.74) is 1.84. The second kappa shape index (κ2) is 7.21. The third-order valence-electron chi connectivity index (χ3n) is 3.68. The Morgan fingerprint density at radius 3 is 2.60 bits per heavy atom. The topological polar surface area (TPSA) is 65.7 Å². The molecule has 1 aromatic heterocycles. The number of hydrogen-bond acceptors (Lipinski definition) is 5. The lowest BCUT2D eigenvalue weighted by molar-refractivity contribution is -0.145. The van der Waals surface area contributed by atoms with Crippen LogP contribution < -0.4 is 10.2 Å². The first-order valence-electron chi connectivity index (χ1n) is 8.01. The van der Waals surface area contributed by atoms with Crippen molar-refractivity contribution in [1.29, 1.82) is 0 Å². The van der Waals surface area contributed by atoms with Crippen LogP contribution >= 0.6 is 0 Å². The third-order valence-corrected chi connectivity index (χ3v) is 3.68. The maximum Gasteiger partial charge on any atom is 0.344 e. The molecule has 0 aliphatic rings. The Morgan fingerprint density at radius 2 is 1.88 bits per heavy atom. The molecule has 5 nitrogen and oxygen atoms in total. The number of esters is 1. The molecule has 2 aromatic carbocycles. The van der Waals surface area contributed by atoms with Crippen molar-refractivity contribution in [2.24, 2.45) is 0 Å². The summed E-state index contributed by atoms with van der Waals surface area (Å²) < 4.78 is 16.3. The van der Waals surface area contributed by atoms with Crippen molar-refractivity contribution >= 4 is 16.9 Å². The van der Waals surface area contributed by atoms with E-state index in [0.29, 0.717) is 22.3 Å². The number of aryl methyl sites for hydroxylation is 1. The summed E-state index contributed by atoms with van der Waals surface area (Å²) in [6.45, 7) is 3.53. The minimum atomic E-state index is -0.537. The molecule has 0 amide bonds. The lowest BCUT2D eigenvalue weighted by Crippen LogP contribution is -2.18. The lowest BCUT2D eigenvalue weighted by Gasteiger charge is -2.11. The van der Waals surface area contributed by atoms with Gasteiger partial charge >= 0.3 is 5.97 Å². The van der Waals surface area contributed by atoms with E-state index in [9.17, 15) is 9.59 Å². The molecule has 3 rings (SSSR count). The Balaban J connectivity index is 2.14. The van der Waals surface area contributed by atoms with Crippen molar-refractivity contribution in [1.82, 2.24) is 0 Å². The summed E-state index contributed by atoms with van der Waals surface area (Å²) in [6, 6.07) is 14.5. The largest absolute Gasteiger partial charge is 0.474 e. The summed E-state index contributed by atoms with van der Waals surface area (Å²) in [4.78, 5) is 24.5. The molecule has 3 aromatic rings. The number of rotatable bonds is 5. The molecule has 0 bridgehead atoms. The molecular weight excluding hydrogens is 320 g/mol. The fraction of sp³-hybridized carbons (Fsp3) is 0.200. The van der Waals surface area contributed by atoms with Gasteiger partial charge in [0.1, 0.15) is 5.58 Å². The van der Waals surface area contributed by atoms with Gasteiger partial charge in [0.25, 0.3) is 0 Å². The quantitative estimate of drug-likeness (QED) is 0.664. The predicted molar refractivity (Wildman–Crippen MR) is 94.8 cm³/mol.